The van der Waals surface area contributed by atoms with Crippen molar-refractivity contribution in [2.45, 2.75) is 19.9 Å². The lowest BCUT2D eigenvalue weighted by Gasteiger charge is -2.26. The lowest BCUT2D eigenvalue weighted by molar-refractivity contribution is -0.141. The lowest BCUT2D eigenvalue weighted by Crippen LogP contribution is -2.35. The number of hydrogen-bond donors (Lipinski definition) is 2. The fourth-order valence-electron chi connectivity index (χ4n) is 2.34. The molecule has 2 atom stereocenters. The molecule has 1 aliphatic rings. The van der Waals surface area contributed by atoms with Crippen molar-refractivity contribution in [3.05, 3.63) is 29.8 Å². The maximum Gasteiger partial charge on any atom is 0.309 e. The molecule has 4 nitrogen and oxygen atoms in total. The van der Waals surface area contributed by atoms with Crippen molar-refractivity contribution in [2.24, 2.45) is 5.92 Å². The first kappa shape index (κ1) is 12.9. The van der Waals surface area contributed by atoms with Crippen molar-refractivity contribution >= 4 is 11.7 Å². The van der Waals surface area contributed by atoms with Crippen LogP contribution in [0.1, 0.15) is 12.5 Å². The lowest BCUT2D eigenvalue weighted by atomic mass is 10.1. The summed E-state index contributed by atoms with van der Waals surface area (Å²) >= 11 is 0. The van der Waals surface area contributed by atoms with E-state index >= 15 is 0 Å². The molecule has 2 unspecified atom stereocenters. The Morgan fingerprint density at radius 3 is 2.89 bits per heavy atom. The van der Waals surface area contributed by atoms with Gasteiger partial charge in [0.15, 0.2) is 0 Å². The van der Waals surface area contributed by atoms with Gasteiger partial charge in [0.2, 0.25) is 0 Å². The molecule has 2 N–H and O–H groups in total. The highest BCUT2D eigenvalue weighted by atomic mass is 16.4. The van der Waals surface area contributed by atoms with Gasteiger partial charge in [-0.1, -0.05) is 12.1 Å². The summed E-state index contributed by atoms with van der Waals surface area (Å²) in [7, 11) is 0. The highest BCUT2D eigenvalue weighted by Gasteiger charge is 2.26. The second-order valence-corrected chi connectivity index (χ2v) is 5.09. The molecule has 0 saturated carbocycles. The molecule has 2 rings (SSSR count). The van der Waals surface area contributed by atoms with E-state index in [0.29, 0.717) is 19.1 Å². The number of carboxylic acid groups (broad SMARTS) is 1. The maximum absolute atomic E-state index is 11.2. The quantitative estimate of drug-likeness (QED) is 0.832. The fraction of sp³-hybridized carbons (Fsp3) is 0.500. The number of carbonyl (C=O) groups is 1. The van der Waals surface area contributed by atoms with E-state index in [-0.39, 0.29) is 5.92 Å². The summed E-state index contributed by atoms with van der Waals surface area (Å²) in [6, 6.07) is 8.53. The molecule has 0 amide bonds. The number of aryl methyl sites for hydroxylation is 1. The van der Waals surface area contributed by atoms with E-state index in [1.807, 2.05) is 12.1 Å². The van der Waals surface area contributed by atoms with Gasteiger partial charge in [-0.15, -0.1) is 0 Å². The number of aliphatic carboxylic acids is 1. The highest BCUT2D eigenvalue weighted by molar-refractivity contribution is 5.71. The molecule has 1 aromatic carbocycles. The number of nitrogens with one attached hydrogen (secondary N) is 1. The molecule has 0 radical (unpaired) electrons. The van der Waals surface area contributed by atoms with E-state index in [4.69, 9.17) is 0 Å². The Kier molecular flexibility index (Phi) is 3.87. The minimum absolute atomic E-state index is 0.301. The first-order valence-corrected chi connectivity index (χ1v) is 6.34. The second-order valence-electron chi connectivity index (χ2n) is 5.09. The molecule has 1 aromatic rings. The molecule has 1 fully saturated rings. The van der Waals surface area contributed by atoms with E-state index in [0.717, 1.165) is 12.2 Å². The Hall–Kier alpha value is -1.55. The van der Waals surface area contributed by atoms with Gasteiger partial charge in [-0.2, -0.15) is 0 Å². The van der Waals surface area contributed by atoms with E-state index < -0.39 is 5.97 Å². The van der Waals surface area contributed by atoms with E-state index in [9.17, 15) is 9.90 Å². The summed E-state index contributed by atoms with van der Waals surface area (Å²) in [4.78, 5) is 13.4. The van der Waals surface area contributed by atoms with Crippen LogP contribution in [0.2, 0.25) is 0 Å². The van der Waals surface area contributed by atoms with Crippen LogP contribution in [0, 0.1) is 12.8 Å². The number of benzene rings is 1. The third-order valence-electron chi connectivity index (χ3n) is 3.36. The van der Waals surface area contributed by atoms with Crippen LogP contribution in [0.5, 0.6) is 0 Å². The SMILES string of the molecule is Cc1cccc(N2CC(C)NCC(C(=O)O)C2)c1. The van der Waals surface area contributed by atoms with Gasteiger partial charge in [-0.25, -0.2) is 0 Å². The van der Waals surface area contributed by atoms with Gasteiger partial charge in [-0.05, 0) is 31.5 Å². The van der Waals surface area contributed by atoms with Gasteiger partial charge in [0, 0.05) is 31.4 Å². The average Bonchev–Trinajstić information content (AvgIpc) is 2.51. The summed E-state index contributed by atoms with van der Waals surface area (Å²) in [5.74, 6) is -1.08. The Labute approximate surface area is 108 Å². The third-order valence-corrected chi connectivity index (χ3v) is 3.36. The molecule has 0 spiro atoms. The van der Waals surface area contributed by atoms with Crippen molar-refractivity contribution < 1.29 is 9.90 Å². The summed E-state index contributed by atoms with van der Waals surface area (Å²) in [5.41, 5.74) is 2.31. The van der Waals surface area contributed by atoms with Crippen molar-refractivity contribution in [3.63, 3.8) is 0 Å². The smallest absolute Gasteiger partial charge is 0.309 e. The number of carboxylic acids is 1. The van der Waals surface area contributed by atoms with Crippen LogP contribution in [-0.4, -0.2) is 36.8 Å². The van der Waals surface area contributed by atoms with Gasteiger partial charge in [0.25, 0.3) is 0 Å². The van der Waals surface area contributed by atoms with Gasteiger partial charge in [0.05, 0.1) is 5.92 Å². The van der Waals surface area contributed by atoms with Gasteiger partial charge < -0.3 is 15.3 Å². The molecule has 1 saturated heterocycles. The minimum Gasteiger partial charge on any atom is -0.481 e. The molecule has 98 valence electrons. The Morgan fingerprint density at radius 1 is 1.44 bits per heavy atom. The normalized spacial score (nSPS) is 24.7. The molecule has 4 heteroatoms. The van der Waals surface area contributed by atoms with Crippen LogP contribution in [-0.2, 0) is 4.79 Å². The predicted molar refractivity (Wildman–Crippen MR) is 72.0 cm³/mol. The predicted octanol–water partition coefficient (Wildman–Crippen LogP) is 1.49. The second kappa shape index (κ2) is 5.40. The van der Waals surface area contributed by atoms with Crippen LogP contribution in [0.25, 0.3) is 0 Å². The monoisotopic (exact) mass is 248 g/mol. The maximum atomic E-state index is 11.2. The fourth-order valence-corrected chi connectivity index (χ4v) is 2.34. The van der Waals surface area contributed by atoms with Crippen LogP contribution in [0.15, 0.2) is 24.3 Å². The van der Waals surface area contributed by atoms with Crippen LogP contribution in [0.3, 0.4) is 0 Å². The Bertz CT molecular complexity index is 434. The van der Waals surface area contributed by atoms with Crippen molar-refractivity contribution in [1.29, 1.82) is 0 Å². The van der Waals surface area contributed by atoms with E-state index in [1.54, 1.807) is 0 Å². The molecular formula is C14H20N2O2. The number of rotatable bonds is 2. The molecule has 0 aliphatic carbocycles. The first-order valence-electron chi connectivity index (χ1n) is 6.34. The largest absolute Gasteiger partial charge is 0.481 e. The van der Waals surface area contributed by atoms with Crippen molar-refractivity contribution in [2.75, 3.05) is 24.5 Å². The van der Waals surface area contributed by atoms with Crippen molar-refractivity contribution in [1.82, 2.24) is 5.32 Å². The van der Waals surface area contributed by atoms with Crippen LogP contribution < -0.4 is 10.2 Å². The third kappa shape index (κ3) is 3.01. The van der Waals surface area contributed by atoms with E-state index in [2.05, 4.69) is 36.2 Å². The van der Waals surface area contributed by atoms with Crippen molar-refractivity contribution in [3.8, 4) is 0 Å². The number of anilines is 1. The molecular weight excluding hydrogens is 228 g/mol. The zero-order chi connectivity index (χ0) is 13.1. The number of nitrogens with zero attached hydrogens (tertiary/aromatic N) is 1. The molecule has 1 aliphatic heterocycles. The number of hydrogen-bond acceptors (Lipinski definition) is 3. The van der Waals surface area contributed by atoms with Gasteiger partial charge >= 0.3 is 5.97 Å². The summed E-state index contributed by atoms with van der Waals surface area (Å²) in [6.45, 7) is 6.09. The summed E-state index contributed by atoms with van der Waals surface area (Å²) in [5, 5.41) is 12.5. The summed E-state index contributed by atoms with van der Waals surface area (Å²) in [6.07, 6.45) is 0. The standard InChI is InChI=1S/C14H20N2O2/c1-10-4-3-5-13(6-10)16-8-11(2)15-7-12(9-16)14(17)18/h3-6,11-12,15H,7-9H2,1-2H3,(H,17,18). The van der Waals surface area contributed by atoms with E-state index in [1.165, 1.54) is 5.56 Å². The Balaban J connectivity index is 2.21. The van der Waals surface area contributed by atoms with Gasteiger partial charge in [-0.3, -0.25) is 4.79 Å². The molecule has 0 aromatic heterocycles. The molecule has 18 heavy (non-hydrogen) atoms. The molecule has 1 heterocycles. The zero-order valence-electron chi connectivity index (χ0n) is 10.9. The Morgan fingerprint density at radius 2 is 2.22 bits per heavy atom. The van der Waals surface area contributed by atoms with Crippen LogP contribution >= 0.6 is 0 Å². The molecule has 0 bridgehead atoms. The summed E-state index contributed by atoms with van der Waals surface area (Å²) < 4.78 is 0. The highest BCUT2D eigenvalue weighted by Crippen LogP contribution is 2.19. The zero-order valence-corrected chi connectivity index (χ0v) is 10.9. The van der Waals surface area contributed by atoms with Gasteiger partial charge in [0.1, 0.15) is 0 Å². The minimum atomic E-state index is -0.728. The topological polar surface area (TPSA) is 52.6 Å². The first-order chi connectivity index (χ1) is 8.56. The average molecular weight is 248 g/mol. The van der Waals surface area contributed by atoms with Crippen LogP contribution in [0.4, 0.5) is 5.69 Å².